The summed E-state index contributed by atoms with van der Waals surface area (Å²) in [6.07, 6.45) is 8.14. The molecule has 212 valence electrons. The van der Waals surface area contributed by atoms with Crippen molar-refractivity contribution in [2.24, 2.45) is 11.8 Å². The van der Waals surface area contributed by atoms with Crippen molar-refractivity contribution in [2.45, 2.75) is 94.5 Å². The van der Waals surface area contributed by atoms with Crippen LogP contribution in [0.2, 0.25) is 0 Å². The molecule has 1 aromatic rings. The number of nitrogens with zero attached hydrogens (tertiary/aromatic N) is 2. The molecule has 0 bridgehead atoms. The lowest BCUT2D eigenvalue weighted by molar-refractivity contribution is -0.150. The number of carbonyl (C=O) groups is 3. The van der Waals surface area contributed by atoms with Gasteiger partial charge in [-0.25, -0.2) is 0 Å². The Hall–Kier alpha value is -2.65. The number of benzene rings is 1. The van der Waals surface area contributed by atoms with Crippen LogP contribution in [0, 0.1) is 11.8 Å². The first-order valence-corrected chi connectivity index (χ1v) is 15.0. The smallest absolute Gasteiger partial charge is 0.246 e. The van der Waals surface area contributed by atoms with Gasteiger partial charge in [0, 0.05) is 37.2 Å². The van der Waals surface area contributed by atoms with Crippen molar-refractivity contribution in [3.63, 3.8) is 0 Å². The topological polar surface area (TPSA) is 103 Å². The molecule has 39 heavy (non-hydrogen) atoms. The average Bonchev–Trinajstić information content (AvgIpc) is 3.65. The van der Waals surface area contributed by atoms with Gasteiger partial charge in [-0.05, 0) is 57.6 Å². The van der Waals surface area contributed by atoms with Crippen LogP contribution in [0.15, 0.2) is 24.3 Å². The van der Waals surface area contributed by atoms with Crippen molar-refractivity contribution in [3.8, 4) is 5.75 Å². The van der Waals surface area contributed by atoms with E-state index in [1.54, 1.807) is 7.05 Å². The van der Waals surface area contributed by atoms with Gasteiger partial charge in [-0.1, -0.05) is 37.5 Å². The number of rotatable bonds is 7. The lowest BCUT2D eigenvalue weighted by atomic mass is 9.82. The van der Waals surface area contributed by atoms with Crippen LogP contribution in [0.25, 0.3) is 0 Å². The van der Waals surface area contributed by atoms with Gasteiger partial charge >= 0.3 is 0 Å². The van der Waals surface area contributed by atoms with Gasteiger partial charge in [0.05, 0.1) is 18.7 Å². The lowest BCUT2D eigenvalue weighted by Crippen LogP contribution is -2.67. The van der Waals surface area contributed by atoms with E-state index in [9.17, 15) is 14.4 Å². The average molecular weight is 538 g/mol. The maximum Gasteiger partial charge on any atom is 0.246 e. The highest BCUT2D eigenvalue weighted by molar-refractivity contribution is 5.93. The van der Waals surface area contributed by atoms with Crippen molar-refractivity contribution >= 4 is 17.7 Å². The number of carbonyl (C=O) groups excluding carboxylic acids is 3. The zero-order valence-corrected chi connectivity index (χ0v) is 23.2. The zero-order chi connectivity index (χ0) is 27.1. The third-order valence-corrected chi connectivity index (χ3v) is 9.89. The summed E-state index contributed by atoms with van der Waals surface area (Å²) in [5.74, 6) is 1.24. The molecule has 2 aliphatic carbocycles. The van der Waals surface area contributed by atoms with Crippen LogP contribution in [-0.2, 0) is 14.4 Å². The number of amides is 3. The van der Waals surface area contributed by atoms with Crippen LogP contribution in [-0.4, -0.2) is 84.5 Å². The van der Waals surface area contributed by atoms with Gasteiger partial charge < -0.3 is 25.6 Å². The fourth-order valence-electron chi connectivity index (χ4n) is 7.43. The number of nitrogens with one attached hydrogen (secondary N) is 3. The van der Waals surface area contributed by atoms with Gasteiger partial charge in [-0.3, -0.25) is 19.3 Å². The van der Waals surface area contributed by atoms with Crippen LogP contribution < -0.4 is 20.7 Å². The molecule has 2 saturated carbocycles. The third-order valence-electron chi connectivity index (χ3n) is 9.89. The molecule has 9 heteroatoms. The highest BCUT2D eigenvalue weighted by atomic mass is 16.5. The van der Waals surface area contributed by atoms with Crippen LogP contribution in [0.3, 0.4) is 0 Å². The highest BCUT2D eigenvalue weighted by Gasteiger charge is 2.56. The normalized spacial score (nSPS) is 31.6. The van der Waals surface area contributed by atoms with Gasteiger partial charge in [0.1, 0.15) is 17.8 Å². The Morgan fingerprint density at radius 1 is 1.03 bits per heavy atom. The van der Waals surface area contributed by atoms with E-state index < -0.39 is 18.1 Å². The Morgan fingerprint density at radius 3 is 2.62 bits per heavy atom. The summed E-state index contributed by atoms with van der Waals surface area (Å²) >= 11 is 0. The minimum atomic E-state index is -0.602. The summed E-state index contributed by atoms with van der Waals surface area (Å²) < 4.78 is 5.81. The summed E-state index contributed by atoms with van der Waals surface area (Å²) in [6, 6.07) is 6.99. The Balaban J connectivity index is 1.25. The number of fused-ring (bicyclic) bond motifs is 4. The SMILES string of the molecule is CN[C@@H](C)C(=O)N[C@H](C(=O)N1C[C@H]2C[C@H]3C[C@H]3N2CC1C(=O)N[C@@H]1CCOc2ccccc21)C1CCCCC1. The first-order valence-electron chi connectivity index (χ1n) is 15.0. The molecule has 3 aliphatic heterocycles. The number of hydrogen-bond acceptors (Lipinski definition) is 6. The van der Waals surface area contributed by atoms with E-state index >= 15 is 0 Å². The number of para-hydroxylation sites is 1. The lowest BCUT2D eigenvalue weighted by Gasteiger charge is -2.46. The van der Waals surface area contributed by atoms with Crippen molar-refractivity contribution in [2.75, 3.05) is 26.7 Å². The molecule has 0 radical (unpaired) electrons. The molecule has 3 amide bonds. The van der Waals surface area contributed by atoms with E-state index in [1.807, 2.05) is 36.1 Å². The van der Waals surface area contributed by atoms with E-state index in [-0.39, 0.29) is 29.7 Å². The molecule has 6 rings (SSSR count). The second-order valence-corrected chi connectivity index (χ2v) is 12.3. The number of likely N-dealkylation sites (N-methyl/N-ethyl adjacent to an activating group) is 1. The van der Waals surface area contributed by atoms with Crippen molar-refractivity contribution in [1.29, 1.82) is 0 Å². The Bertz CT molecular complexity index is 1090. The molecule has 3 heterocycles. The van der Waals surface area contributed by atoms with Crippen LogP contribution in [0.5, 0.6) is 5.75 Å². The predicted octanol–water partition coefficient (Wildman–Crippen LogP) is 1.97. The largest absolute Gasteiger partial charge is 0.493 e. The fraction of sp³-hybridized carbons (Fsp3) is 0.700. The van der Waals surface area contributed by atoms with Gasteiger partial charge in [0.2, 0.25) is 17.7 Å². The second kappa shape index (κ2) is 11.1. The minimum Gasteiger partial charge on any atom is -0.493 e. The van der Waals surface area contributed by atoms with Crippen LogP contribution in [0.1, 0.15) is 69.9 Å². The first kappa shape index (κ1) is 26.6. The molecule has 4 fully saturated rings. The summed E-state index contributed by atoms with van der Waals surface area (Å²) in [5, 5.41) is 9.39. The van der Waals surface area contributed by atoms with Crippen molar-refractivity contribution in [1.82, 2.24) is 25.8 Å². The third kappa shape index (κ3) is 5.27. The number of ether oxygens (including phenoxy) is 1. The predicted molar refractivity (Wildman–Crippen MR) is 147 cm³/mol. The fourth-order valence-corrected chi connectivity index (χ4v) is 7.43. The number of piperidine rings is 1. The molecular formula is C30H43N5O4. The number of piperazine rings is 1. The van der Waals surface area contributed by atoms with Crippen molar-refractivity contribution < 1.29 is 19.1 Å². The molecule has 3 N–H and O–H groups in total. The summed E-state index contributed by atoms with van der Waals surface area (Å²) in [4.78, 5) is 45.7. The minimum absolute atomic E-state index is 0.0914. The summed E-state index contributed by atoms with van der Waals surface area (Å²) in [5.41, 5.74) is 0.987. The highest BCUT2D eigenvalue weighted by Crippen LogP contribution is 2.49. The maximum absolute atomic E-state index is 14.4. The Kier molecular flexibility index (Phi) is 7.55. The van der Waals surface area contributed by atoms with Gasteiger partial charge in [-0.15, -0.1) is 0 Å². The first-order chi connectivity index (χ1) is 18.9. The molecule has 0 aromatic heterocycles. The van der Waals surface area contributed by atoms with Crippen molar-refractivity contribution in [3.05, 3.63) is 29.8 Å². The van der Waals surface area contributed by atoms with Crippen LogP contribution in [0.4, 0.5) is 0 Å². The Labute approximate surface area is 231 Å². The number of hydrogen-bond donors (Lipinski definition) is 3. The van der Waals surface area contributed by atoms with E-state index in [0.717, 1.165) is 43.4 Å². The zero-order valence-electron chi connectivity index (χ0n) is 23.2. The van der Waals surface area contributed by atoms with E-state index in [0.29, 0.717) is 44.1 Å². The van der Waals surface area contributed by atoms with E-state index in [4.69, 9.17) is 4.74 Å². The van der Waals surface area contributed by atoms with Gasteiger partial charge in [-0.2, -0.15) is 0 Å². The second-order valence-electron chi connectivity index (χ2n) is 12.3. The van der Waals surface area contributed by atoms with Crippen LogP contribution >= 0.6 is 0 Å². The molecule has 5 aliphatic rings. The molecule has 2 saturated heterocycles. The molecule has 7 atom stereocenters. The maximum atomic E-state index is 14.4. The van der Waals surface area contributed by atoms with E-state index in [2.05, 4.69) is 20.9 Å². The molecule has 1 aromatic carbocycles. The van der Waals surface area contributed by atoms with Gasteiger partial charge in [0.25, 0.3) is 0 Å². The summed E-state index contributed by atoms with van der Waals surface area (Å²) in [7, 11) is 1.75. The quantitative estimate of drug-likeness (QED) is 0.492. The molecule has 9 nitrogen and oxygen atoms in total. The molecular weight excluding hydrogens is 494 g/mol. The standard InChI is InChI=1S/C30H43N5O4/c1-18(31-2)28(36)33-27(19-8-4-3-5-9-19)30(38)35-16-21-14-20-15-24(20)34(21)17-25(35)29(37)32-23-12-13-39-26-11-7-6-10-22(23)26/h6-7,10-11,18-21,23-25,27,31H,3-5,8-9,12-17H2,1-2H3,(H,32,37)(H,33,36)/t18-,20-,21+,23+,24+,25?,27-/m0/s1. The monoisotopic (exact) mass is 537 g/mol. The molecule has 1 unspecified atom stereocenters. The molecule has 0 spiro atoms. The Morgan fingerprint density at radius 2 is 1.82 bits per heavy atom. The summed E-state index contributed by atoms with van der Waals surface area (Å²) in [6.45, 7) is 3.47. The van der Waals surface area contributed by atoms with E-state index in [1.165, 1.54) is 12.8 Å². The van der Waals surface area contributed by atoms with Gasteiger partial charge in [0.15, 0.2) is 0 Å².